The van der Waals surface area contributed by atoms with Crippen LogP contribution in [0.5, 0.6) is 11.5 Å². The highest BCUT2D eigenvalue weighted by Gasteiger charge is 2.44. The van der Waals surface area contributed by atoms with Crippen LogP contribution in [0.15, 0.2) is 103 Å². The van der Waals surface area contributed by atoms with Gasteiger partial charge in [-0.15, -0.1) is 0 Å². The summed E-state index contributed by atoms with van der Waals surface area (Å²) in [5.74, 6) is 1.91. The second-order valence-electron chi connectivity index (χ2n) is 12.5. The van der Waals surface area contributed by atoms with E-state index in [0.717, 1.165) is 35.1 Å². The predicted molar refractivity (Wildman–Crippen MR) is 178 cm³/mol. The van der Waals surface area contributed by atoms with Crippen molar-refractivity contribution in [3.05, 3.63) is 125 Å². The molecule has 0 aliphatic heterocycles. The van der Waals surface area contributed by atoms with Gasteiger partial charge in [0.25, 0.3) is 0 Å². The molecule has 43 heavy (non-hydrogen) atoms. The van der Waals surface area contributed by atoms with Gasteiger partial charge in [0.15, 0.2) is 0 Å². The number of hydrogen-bond donors (Lipinski definition) is 0. The van der Waals surface area contributed by atoms with Gasteiger partial charge in [-0.2, -0.15) is 0 Å². The molecule has 1 heterocycles. The Hall–Kier alpha value is -4.69. The van der Waals surface area contributed by atoms with E-state index in [9.17, 15) is 0 Å². The Morgan fingerprint density at radius 1 is 0.628 bits per heavy atom. The quantitative estimate of drug-likeness (QED) is 0.217. The summed E-state index contributed by atoms with van der Waals surface area (Å²) in [7, 11) is 0. The minimum Gasteiger partial charge on any atom is -0.455 e. The third kappa shape index (κ3) is 3.69. The van der Waals surface area contributed by atoms with E-state index in [1.807, 2.05) is 12.4 Å². The highest BCUT2D eigenvalue weighted by molar-refractivity contribution is 6.02. The van der Waals surface area contributed by atoms with Crippen molar-refractivity contribution in [3.63, 3.8) is 0 Å². The lowest BCUT2D eigenvalue weighted by atomic mass is 9.68. The smallest absolute Gasteiger partial charge is 0.142 e. The van der Waals surface area contributed by atoms with Crippen molar-refractivity contribution in [2.45, 2.75) is 50.4 Å². The van der Waals surface area contributed by atoms with E-state index >= 15 is 0 Å². The number of benzene rings is 5. The first-order valence-corrected chi connectivity index (χ1v) is 15.8. The molecule has 0 bridgehead atoms. The second-order valence-corrected chi connectivity index (χ2v) is 12.5. The Kier molecular flexibility index (Phi) is 5.59. The lowest BCUT2D eigenvalue weighted by Gasteiger charge is -2.35. The van der Waals surface area contributed by atoms with Crippen LogP contribution in [0.1, 0.15) is 56.1 Å². The van der Waals surface area contributed by atoms with Crippen LogP contribution < -0.4 is 15.2 Å². The highest BCUT2D eigenvalue weighted by atomic mass is 16.5. The molecule has 208 valence electrons. The zero-order valence-corrected chi connectivity index (χ0v) is 24.3. The van der Waals surface area contributed by atoms with Gasteiger partial charge in [0.05, 0.1) is 0 Å². The van der Waals surface area contributed by atoms with Gasteiger partial charge in [-0.25, -0.2) is 0 Å². The maximum absolute atomic E-state index is 7.21. The van der Waals surface area contributed by atoms with Crippen molar-refractivity contribution in [3.8, 4) is 33.8 Å². The number of ether oxygens (including phenoxy) is 1. The Balaban J connectivity index is 1.29. The van der Waals surface area contributed by atoms with Crippen LogP contribution in [-0.2, 0) is 5.41 Å². The molecule has 2 nitrogen and oxygen atoms in total. The summed E-state index contributed by atoms with van der Waals surface area (Å²) in [5, 5.41) is 7.21. The number of pyridine rings is 1. The average Bonchev–Trinajstić information content (AvgIpc) is 3.34. The molecular weight excluding hydrogens is 522 g/mol. The molecule has 0 amide bonds. The normalized spacial score (nSPS) is 16.3. The lowest BCUT2D eigenvalue weighted by Crippen LogP contribution is -2.31. The molecule has 0 saturated heterocycles. The van der Waals surface area contributed by atoms with Crippen LogP contribution in [0.2, 0.25) is 0 Å². The van der Waals surface area contributed by atoms with E-state index in [1.165, 1.54) is 86.7 Å². The van der Waals surface area contributed by atoms with Gasteiger partial charge in [-0.3, -0.25) is 4.98 Å². The third-order valence-electron chi connectivity index (χ3n) is 10.2. The van der Waals surface area contributed by atoms with Gasteiger partial charge in [0.1, 0.15) is 11.5 Å². The topological polar surface area (TPSA) is 22.1 Å². The molecule has 0 radical (unpaired) electrons. The van der Waals surface area contributed by atoms with E-state index in [-0.39, 0.29) is 5.41 Å². The summed E-state index contributed by atoms with van der Waals surface area (Å²) in [4.78, 5) is 4.62. The van der Waals surface area contributed by atoms with Gasteiger partial charge in [-0.1, -0.05) is 104 Å². The number of aromatic nitrogens is 1. The summed E-state index contributed by atoms with van der Waals surface area (Å²) in [6, 6.07) is 33.4. The van der Waals surface area contributed by atoms with E-state index in [1.54, 1.807) is 0 Å². The lowest BCUT2D eigenvalue weighted by molar-refractivity contribution is 0.352. The summed E-state index contributed by atoms with van der Waals surface area (Å²) in [6.45, 7) is 0. The zero-order chi connectivity index (χ0) is 28.4. The maximum atomic E-state index is 7.21. The van der Waals surface area contributed by atoms with Crippen LogP contribution in [0.3, 0.4) is 0 Å². The van der Waals surface area contributed by atoms with Gasteiger partial charge < -0.3 is 4.74 Å². The first kappa shape index (κ1) is 24.9. The molecule has 3 aliphatic carbocycles. The molecule has 1 spiro atoms. The van der Waals surface area contributed by atoms with Crippen molar-refractivity contribution in [1.82, 2.24) is 4.98 Å². The van der Waals surface area contributed by atoms with Gasteiger partial charge in [-0.05, 0) is 87.7 Å². The molecule has 6 aromatic rings. The number of nitrogens with zero attached hydrogens (tertiary/aromatic N) is 1. The Labute approximate surface area is 252 Å². The van der Waals surface area contributed by atoms with E-state index in [4.69, 9.17) is 4.74 Å². The Morgan fingerprint density at radius 3 is 2.33 bits per heavy atom. The van der Waals surface area contributed by atoms with Gasteiger partial charge in [0.2, 0.25) is 0 Å². The monoisotopic (exact) mass is 555 g/mol. The molecule has 1 saturated carbocycles. The van der Waals surface area contributed by atoms with Gasteiger partial charge in [0, 0.05) is 39.4 Å². The fourth-order valence-electron chi connectivity index (χ4n) is 8.33. The standard InChI is InChI=1S/C41H33NO/c1-8-22-41(23-9-1)35-16-7-6-15-33(35)39-36(41)17-10-18-37(39)43-40-31-14-5-4-13-30(31)38(34-26-42-24-21-32(34)40)29-20-19-27-11-2-3-12-28(27)25-29/h2-3,6-7,10-21,24-26H,1,4-5,8-9,22-23H2. The fraction of sp³-hybridized carbons (Fsp3) is 0.195. The minimum absolute atomic E-state index is 0.106. The number of rotatable bonds is 3. The average molecular weight is 556 g/mol. The Bertz CT molecular complexity index is 2200. The molecule has 1 fully saturated rings. The number of hydrogen-bond acceptors (Lipinski definition) is 2. The van der Waals surface area contributed by atoms with Crippen LogP contribution in [0, 0.1) is 0 Å². The highest BCUT2D eigenvalue weighted by Crippen LogP contribution is 2.58. The first-order chi connectivity index (χ1) is 21.3. The number of fused-ring (bicyclic) bond motifs is 8. The van der Waals surface area contributed by atoms with Crippen LogP contribution in [-0.4, -0.2) is 4.98 Å². The van der Waals surface area contributed by atoms with Crippen LogP contribution in [0.4, 0.5) is 0 Å². The van der Waals surface area contributed by atoms with Gasteiger partial charge >= 0.3 is 0 Å². The molecule has 0 unspecified atom stereocenters. The molecule has 9 rings (SSSR count). The largest absolute Gasteiger partial charge is 0.455 e. The molecule has 2 heteroatoms. The maximum Gasteiger partial charge on any atom is 0.142 e. The van der Waals surface area contributed by atoms with E-state index in [0.29, 0.717) is 0 Å². The molecule has 0 atom stereocenters. The molecule has 3 aliphatic rings. The van der Waals surface area contributed by atoms with Crippen molar-refractivity contribution in [1.29, 1.82) is 0 Å². The van der Waals surface area contributed by atoms with Crippen LogP contribution >= 0.6 is 0 Å². The SMILES string of the molecule is C1=c2c(Oc3cccc4c3-c3ccccc3C43CCCCC3)c3ccncc3c(-c3ccc4ccccc4c3)c2=CCC1. The Morgan fingerprint density at radius 2 is 1.42 bits per heavy atom. The van der Waals surface area contributed by atoms with Crippen LogP contribution in [0.25, 0.3) is 56.0 Å². The van der Waals surface area contributed by atoms with Crippen molar-refractivity contribution in [2.75, 3.05) is 0 Å². The molecule has 5 aromatic carbocycles. The summed E-state index contributed by atoms with van der Waals surface area (Å²) >= 11 is 0. The van der Waals surface area contributed by atoms with Crippen molar-refractivity contribution >= 4 is 33.7 Å². The second kappa shape index (κ2) is 9.67. The molecule has 0 N–H and O–H groups in total. The fourth-order valence-corrected chi connectivity index (χ4v) is 8.33. The van der Waals surface area contributed by atoms with Crippen molar-refractivity contribution < 1.29 is 4.74 Å². The minimum atomic E-state index is 0.106. The summed E-state index contributed by atoms with van der Waals surface area (Å²) in [5.41, 5.74) is 8.15. The third-order valence-corrected chi connectivity index (χ3v) is 10.2. The predicted octanol–water partition coefficient (Wildman–Crippen LogP) is 9.43. The first-order valence-electron chi connectivity index (χ1n) is 15.8. The molecular formula is C41H33NO. The zero-order valence-electron chi connectivity index (χ0n) is 24.3. The van der Waals surface area contributed by atoms with E-state index in [2.05, 4.69) is 108 Å². The van der Waals surface area contributed by atoms with E-state index < -0.39 is 0 Å². The van der Waals surface area contributed by atoms with Crippen molar-refractivity contribution in [2.24, 2.45) is 0 Å². The summed E-state index contributed by atoms with van der Waals surface area (Å²) < 4.78 is 7.21. The summed E-state index contributed by atoms with van der Waals surface area (Å²) in [6.07, 6.45) is 17.1. The molecule has 1 aromatic heterocycles.